The smallest absolute Gasteiger partial charge is 0.0208 e. The Hall–Kier alpha value is -0.510. The maximum Gasteiger partial charge on any atom is 0.0208 e. The van der Waals surface area contributed by atoms with Gasteiger partial charge in [0.15, 0.2) is 0 Å². The summed E-state index contributed by atoms with van der Waals surface area (Å²) in [4.78, 5) is 3.97. The van der Waals surface area contributed by atoms with E-state index in [1.165, 1.54) is 55.8 Å². The fourth-order valence-corrected chi connectivity index (χ4v) is 3.16. The van der Waals surface area contributed by atoms with E-state index in [0.717, 1.165) is 6.54 Å². The van der Waals surface area contributed by atoms with Crippen molar-refractivity contribution in [2.75, 3.05) is 25.9 Å². The Morgan fingerprint density at radius 3 is 2.50 bits per heavy atom. The highest BCUT2D eigenvalue weighted by Crippen LogP contribution is 2.16. The van der Waals surface area contributed by atoms with Crippen LogP contribution in [0.5, 0.6) is 0 Å². The first kappa shape index (κ1) is 15.9. The van der Waals surface area contributed by atoms with E-state index in [1.54, 1.807) is 11.8 Å². The summed E-state index contributed by atoms with van der Waals surface area (Å²) in [6.45, 7) is 7.11. The second kappa shape index (κ2) is 8.71. The second-order valence-corrected chi connectivity index (χ2v) is 6.58. The van der Waals surface area contributed by atoms with Gasteiger partial charge in [0.1, 0.15) is 0 Å². The van der Waals surface area contributed by atoms with Crippen molar-refractivity contribution >= 4 is 11.8 Å². The molecule has 1 N–H and O–H groups in total. The third-order valence-electron chi connectivity index (χ3n) is 4.17. The summed E-state index contributed by atoms with van der Waals surface area (Å²) in [6.07, 6.45) is 7.38. The zero-order chi connectivity index (χ0) is 14.2. The molecule has 0 aliphatic carbocycles. The quantitative estimate of drug-likeness (QED) is 0.770. The number of benzene rings is 1. The SMILES string of the molecule is CCCCN1CCC(NCc2ccc(SC)cc2)CC1. The van der Waals surface area contributed by atoms with E-state index in [0.29, 0.717) is 6.04 Å². The zero-order valence-electron chi connectivity index (χ0n) is 12.9. The summed E-state index contributed by atoms with van der Waals surface area (Å²) in [5.41, 5.74) is 1.40. The number of piperidine rings is 1. The second-order valence-electron chi connectivity index (χ2n) is 5.70. The summed E-state index contributed by atoms with van der Waals surface area (Å²) in [5, 5.41) is 3.72. The maximum absolute atomic E-state index is 3.72. The van der Waals surface area contributed by atoms with Crippen LogP contribution < -0.4 is 5.32 Å². The molecule has 1 aliphatic heterocycles. The fourth-order valence-electron chi connectivity index (χ4n) is 2.75. The molecule has 20 heavy (non-hydrogen) atoms. The molecule has 1 saturated heterocycles. The minimum atomic E-state index is 0.702. The zero-order valence-corrected chi connectivity index (χ0v) is 13.7. The third kappa shape index (κ3) is 5.12. The number of hydrogen-bond donors (Lipinski definition) is 1. The minimum absolute atomic E-state index is 0.702. The predicted octanol–water partition coefficient (Wildman–Crippen LogP) is 3.76. The van der Waals surface area contributed by atoms with Gasteiger partial charge in [0.2, 0.25) is 0 Å². The summed E-state index contributed by atoms with van der Waals surface area (Å²) in [7, 11) is 0. The molecule has 0 saturated carbocycles. The molecule has 0 radical (unpaired) electrons. The molecule has 1 fully saturated rings. The van der Waals surface area contributed by atoms with Gasteiger partial charge in [0.25, 0.3) is 0 Å². The monoisotopic (exact) mass is 292 g/mol. The number of nitrogens with one attached hydrogen (secondary N) is 1. The highest BCUT2D eigenvalue weighted by Gasteiger charge is 2.17. The van der Waals surface area contributed by atoms with Crippen molar-refractivity contribution in [1.29, 1.82) is 0 Å². The van der Waals surface area contributed by atoms with Gasteiger partial charge < -0.3 is 10.2 Å². The molecule has 0 spiro atoms. The van der Waals surface area contributed by atoms with Crippen LogP contribution in [0.4, 0.5) is 0 Å². The summed E-state index contributed by atoms with van der Waals surface area (Å²) in [5.74, 6) is 0. The van der Waals surface area contributed by atoms with E-state index in [9.17, 15) is 0 Å². The molecule has 1 heterocycles. The first-order valence-corrected chi connectivity index (χ1v) is 9.13. The Morgan fingerprint density at radius 1 is 1.20 bits per heavy atom. The lowest BCUT2D eigenvalue weighted by Crippen LogP contribution is -2.42. The predicted molar refractivity (Wildman–Crippen MR) is 89.4 cm³/mol. The van der Waals surface area contributed by atoms with Crippen LogP contribution in [-0.4, -0.2) is 36.8 Å². The van der Waals surface area contributed by atoms with Crippen LogP contribution in [-0.2, 0) is 6.54 Å². The molecule has 2 nitrogen and oxygen atoms in total. The van der Waals surface area contributed by atoms with Gasteiger partial charge in [-0.25, -0.2) is 0 Å². The van der Waals surface area contributed by atoms with Gasteiger partial charge in [-0.1, -0.05) is 25.5 Å². The number of likely N-dealkylation sites (tertiary alicyclic amines) is 1. The average Bonchev–Trinajstić information content (AvgIpc) is 2.52. The van der Waals surface area contributed by atoms with Gasteiger partial charge in [-0.3, -0.25) is 0 Å². The van der Waals surface area contributed by atoms with E-state index in [1.807, 2.05) is 0 Å². The van der Waals surface area contributed by atoms with Crippen LogP contribution in [0.3, 0.4) is 0 Å². The molecule has 0 amide bonds. The van der Waals surface area contributed by atoms with E-state index >= 15 is 0 Å². The molecule has 0 unspecified atom stereocenters. The number of unbranched alkanes of at least 4 members (excludes halogenated alkanes) is 1. The molecule has 3 heteroatoms. The standard InChI is InChI=1S/C17H28N2S/c1-3-4-11-19-12-9-16(10-13-19)18-14-15-5-7-17(20-2)8-6-15/h5-8,16,18H,3-4,9-14H2,1-2H3. The molecule has 112 valence electrons. The highest BCUT2D eigenvalue weighted by molar-refractivity contribution is 7.98. The van der Waals surface area contributed by atoms with Gasteiger partial charge in [0.05, 0.1) is 0 Å². The topological polar surface area (TPSA) is 15.3 Å². The normalized spacial score (nSPS) is 17.5. The summed E-state index contributed by atoms with van der Waals surface area (Å²) >= 11 is 1.80. The lowest BCUT2D eigenvalue weighted by atomic mass is 10.0. The van der Waals surface area contributed by atoms with Crippen molar-refractivity contribution in [3.8, 4) is 0 Å². The molecule has 1 aromatic carbocycles. The van der Waals surface area contributed by atoms with Crippen LogP contribution in [0.25, 0.3) is 0 Å². The molecule has 1 aliphatic rings. The van der Waals surface area contributed by atoms with Crippen molar-refractivity contribution in [3.05, 3.63) is 29.8 Å². The van der Waals surface area contributed by atoms with E-state index in [4.69, 9.17) is 0 Å². The van der Waals surface area contributed by atoms with Gasteiger partial charge in [-0.15, -0.1) is 11.8 Å². The Labute approximate surface area is 128 Å². The lowest BCUT2D eigenvalue weighted by Gasteiger charge is -2.32. The van der Waals surface area contributed by atoms with Crippen LogP contribution >= 0.6 is 11.8 Å². The Morgan fingerprint density at radius 2 is 1.90 bits per heavy atom. The van der Waals surface area contributed by atoms with Crippen molar-refractivity contribution in [3.63, 3.8) is 0 Å². The molecule has 0 bridgehead atoms. The average molecular weight is 292 g/mol. The molecular formula is C17H28N2S. The molecule has 2 rings (SSSR count). The Balaban J connectivity index is 1.67. The first-order chi connectivity index (χ1) is 9.81. The lowest BCUT2D eigenvalue weighted by molar-refractivity contribution is 0.195. The van der Waals surface area contributed by atoms with Crippen molar-refractivity contribution in [2.45, 2.75) is 50.1 Å². The van der Waals surface area contributed by atoms with Crippen molar-refractivity contribution < 1.29 is 0 Å². The first-order valence-electron chi connectivity index (χ1n) is 7.90. The van der Waals surface area contributed by atoms with Gasteiger partial charge in [0, 0.05) is 17.5 Å². The number of rotatable bonds is 7. The molecule has 0 aromatic heterocycles. The van der Waals surface area contributed by atoms with Crippen molar-refractivity contribution in [1.82, 2.24) is 10.2 Å². The highest BCUT2D eigenvalue weighted by atomic mass is 32.2. The summed E-state index contributed by atoms with van der Waals surface area (Å²) in [6, 6.07) is 9.63. The van der Waals surface area contributed by atoms with Crippen LogP contribution in [0.1, 0.15) is 38.2 Å². The van der Waals surface area contributed by atoms with E-state index < -0.39 is 0 Å². The maximum atomic E-state index is 3.72. The third-order valence-corrected chi connectivity index (χ3v) is 4.91. The number of nitrogens with zero attached hydrogens (tertiary/aromatic N) is 1. The van der Waals surface area contributed by atoms with Crippen molar-refractivity contribution in [2.24, 2.45) is 0 Å². The Bertz CT molecular complexity index is 369. The van der Waals surface area contributed by atoms with Crippen LogP contribution in [0.2, 0.25) is 0 Å². The van der Waals surface area contributed by atoms with Crippen LogP contribution in [0.15, 0.2) is 29.2 Å². The van der Waals surface area contributed by atoms with Gasteiger partial charge >= 0.3 is 0 Å². The van der Waals surface area contributed by atoms with Crippen LogP contribution in [0, 0.1) is 0 Å². The van der Waals surface area contributed by atoms with E-state index in [2.05, 4.69) is 47.7 Å². The number of hydrogen-bond acceptors (Lipinski definition) is 3. The molecule has 0 atom stereocenters. The molecule has 1 aromatic rings. The Kier molecular flexibility index (Phi) is 6.91. The molecular weight excluding hydrogens is 264 g/mol. The van der Waals surface area contributed by atoms with Gasteiger partial charge in [-0.2, -0.15) is 0 Å². The van der Waals surface area contributed by atoms with E-state index in [-0.39, 0.29) is 0 Å². The number of thioether (sulfide) groups is 1. The minimum Gasteiger partial charge on any atom is -0.310 e. The fraction of sp³-hybridized carbons (Fsp3) is 0.647. The van der Waals surface area contributed by atoms with Gasteiger partial charge in [-0.05, 0) is 62.8 Å². The largest absolute Gasteiger partial charge is 0.310 e. The summed E-state index contributed by atoms with van der Waals surface area (Å²) < 4.78 is 0.